The van der Waals surface area contributed by atoms with Gasteiger partial charge in [0.15, 0.2) is 0 Å². The highest BCUT2D eigenvalue weighted by molar-refractivity contribution is 6.43. The van der Waals surface area contributed by atoms with E-state index in [1.807, 2.05) is 62.4 Å². The maximum atomic E-state index is 13.3. The van der Waals surface area contributed by atoms with Gasteiger partial charge in [-0.25, -0.2) is 0 Å². The molecule has 6 nitrogen and oxygen atoms in total. The number of carbonyl (C=O) groups excluding carboxylic acids is 2. The number of hydrogen-bond donors (Lipinski definition) is 4. The Kier molecular flexibility index (Phi) is 8.48. The molecule has 0 spiro atoms. The smallest absolute Gasteiger partial charge is 0.426 e. The summed E-state index contributed by atoms with van der Waals surface area (Å²) in [5.74, 6) is -1.50. The highest BCUT2D eigenvalue weighted by Gasteiger charge is 2.32. The van der Waals surface area contributed by atoms with Crippen LogP contribution < -0.4 is 10.6 Å². The lowest BCUT2D eigenvalue weighted by Crippen LogP contribution is -2.55. The Labute approximate surface area is 190 Å². The first-order valence-electron chi connectivity index (χ1n) is 11.4. The van der Waals surface area contributed by atoms with Crippen LogP contribution in [0.5, 0.6) is 0 Å². The summed E-state index contributed by atoms with van der Waals surface area (Å²) in [5, 5.41) is 25.2. The van der Waals surface area contributed by atoms with Gasteiger partial charge < -0.3 is 20.7 Å². The molecule has 0 radical (unpaired) electrons. The Bertz CT molecular complexity index is 904. The van der Waals surface area contributed by atoms with Crippen LogP contribution in [-0.2, 0) is 22.4 Å². The average Bonchev–Trinajstić information content (AvgIpc) is 2.78. The van der Waals surface area contributed by atoms with Gasteiger partial charge in [0.25, 0.3) is 0 Å². The van der Waals surface area contributed by atoms with E-state index in [1.165, 1.54) is 5.56 Å². The third-order valence-corrected chi connectivity index (χ3v) is 6.01. The Morgan fingerprint density at radius 2 is 1.72 bits per heavy atom. The summed E-state index contributed by atoms with van der Waals surface area (Å²) in [6.45, 7) is 3.90. The Morgan fingerprint density at radius 3 is 2.41 bits per heavy atom. The lowest BCUT2D eigenvalue weighted by atomic mass is 9.75. The van der Waals surface area contributed by atoms with Crippen molar-refractivity contribution < 1.29 is 19.6 Å². The zero-order valence-electron chi connectivity index (χ0n) is 18.8. The van der Waals surface area contributed by atoms with Crippen LogP contribution >= 0.6 is 0 Å². The molecule has 0 fully saturated rings. The third-order valence-electron chi connectivity index (χ3n) is 6.01. The number of amides is 2. The van der Waals surface area contributed by atoms with Gasteiger partial charge in [0.05, 0.1) is 11.9 Å². The molecule has 7 heteroatoms. The molecule has 2 aromatic rings. The molecule has 0 saturated heterocycles. The van der Waals surface area contributed by atoms with Crippen molar-refractivity contribution in [2.45, 2.75) is 63.9 Å². The van der Waals surface area contributed by atoms with E-state index in [0.717, 1.165) is 30.4 Å². The molecule has 0 saturated carbocycles. The van der Waals surface area contributed by atoms with Crippen LogP contribution in [0.15, 0.2) is 54.6 Å². The van der Waals surface area contributed by atoms with Crippen molar-refractivity contribution in [3.05, 3.63) is 71.3 Å². The van der Waals surface area contributed by atoms with E-state index < -0.39 is 25.0 Å². The van der Waals surface area contributed by atoms with Crippen LogP contribution in [0.2, 0.25) is 0 Å². The topological polar surface area (TPSA) is 98.7 Å². The number of benzene rings is 2. The zero-order valence-corrected chi connectivity index (χ0v) is 18.8. The quantitative estimate of drug-likeness (QED) is 0.454. The first-order valence-corrected chi connectivity index (χ1v) is 11.4. The van der Waals surface area contributed by atoms with Gasteiger partial charge in [-0.15, -0.1) is 0 Å². The molecule has 0 unspecified atom stereocenters. The Hall–Kier alpha value is -2.64. The molecule has 1 aliphatic rings. The predicted octanol–water partition coefficient (Wildman–Crippen LogP) is 2.38. The molecule has 0 aromatic heterocycles. The van der Waals surface area contributed by atoms with E-state index in [-0.39, 0.29) is 17.7 Å². The molecule has 2 aromatic carbocycles. The number of carbonyl (C=O) groups is 2. The predicted molar refractivity (Wildman–Crippen MR) is 126 cm³/mol. The summed E-state index contributed by atoms with van der Waals surface area (Å²) in [4.78, 5) is 26.4. The summed E-state index contributed by atoms with van der Waals surface area (Å²) in [7, 11) is -1.67. The minimum atomic E-state index is -1.67. The van der Waals surface area contributed by atoms with Gasteiger partial charge in [0.1, 0.15) is 6.04 Å². The van der Waals surface area contributed by atoms with Crippen molar-refractivity contribution in [2.75, 3.05) is 0 Å². The maximum Gasteiger partial charge on any atom is 0.475 e. The number of hydrogen-bond acceptors (Lipinski definition) is 4. The molecule has 2 amide bonds. The molecule has 170 valence electrons. The number of nitrogens with one attached hydrogen (secondary N) is 2. The van der Waals surface area contributed by atoms with Crippen molar-refractivity contribution in [1.82, 2.24) is 10.6 Å². The number of rotatable bonds is 9. The van der Waals surface area contributed by atoms with E-state index in [2.05, 4.69) is 16.7 Å². The third kappa shape index (κ3) is 6.44. The van der Waals surface area contributed by atoms with Crippen LogP contribution in [-0.4, -0.2) is 41.0 Å². The molecule has 0 aliphatic heterocycles. The molecule has 3 atom stereocenters. The largest absolute Gasteiger partial charge is 0.475 e. The van der Waals surface area contributed by atoms with Gasteiger partial charge >= 0.3 is 7.12 Å². The van der Waals surface area contributed by atoms with E-state index in [1.54, 1.807) is 0 Å². The van der Waals surface area contributed by atoms with E-state index in [4.69, 9.17) is 0 Å². The van der Waals surface area contributed by atoms with E-state index >= 15 is 0 Å². The van der Waals surface area contributed by atoms with E-state index in [0.29, 0.717) is 12.8 Å². The summed E-state index contributed by atoms with van der Waals surface area (Å²) in [6.07, 6.45) is 3.37. The molecule has 3 rings (SSSR count). The van der Waals surface area contributed by atoms with Gasteiger partial charge in [-0.2, -0.15) is 0 Å². The lowest BCUT2D eigenvalue weighted by Gasteiger charge is -2.28. The van der Waals surface area contributed by atoms with Gasteiger partial charge in [-0.1, -0.05) is 68.4 Å². The standard InChI is InChI=1S/C25H33BN2O4/c1-17(2)15-23(26(31)32)28-25(30)22(16-18-9-4-3-5-10-18)27-24(29)21-14-8-12-19-11-6-7-13-20(19)21/h3-7,9-11,13,17,21-23,31-32H,8,12,14-16H2,1-2H3,(H,27,29)(H,28,30)/t21-,22-,23+/m0/s1. The van der Waals surface area contributed by atoms with Crippen LogP contribution in [0, 0.1) is 5.92 Å². The Morgan fingerprint density at radius 1 is 1.03 bits per heavy atom. The van der Waals surface area contributed by atoms with E-state index in [9.17, 15) is 19.6 Å². The minimum Gasteiger partial charge on any atom is -0.426 e. The fourth-order valence-electron chi connectivity index (χ4n) is 4.40. The normalized spacial score (nSPS) is 17.2. The monoisotopic (exact) mass is 436 g/mol. The summed E-state index contributed by atoms with van der Waals surface area (Å²) < 4.78 is 0. The maximum absolute atomic E-state index is 13.3. The van der Waals surface area contributed by atoms with Crippen molar-refractivity contribution in [2.24, 2.45) is 5.92 Å². The lowest BCUT2D eigenvalue weighted by molar-refractivity contribution is -0.130. The SMILES string of the molecule is CC(C)C[C@@H](NC(=O)[C@H](Cc1ccccc1)NC(=O)[C@H]1CCCc2ccccc21)B(O)O. The first kappa shape index (κ1) is 24.0. The summed E-state index contributed by atoms with van der Waals surface area (Å²) in [6, 6.07) is 16.7. The second kappa shape index (κ2) is 11.3. The number of fused-ring (bicyclic) bond motifs is 1. The second-order valence-electron chi connectivity index (χ2n) is 9.05. The molecule has 32 heavy (non-hydrogen) atoms. The fraction of sp³-hybridized carbons (Fsp3) is 0.440. The molecule has 0 heterocycles. The number of aryl methyl sites for hydroxylation is 1. The fourth-order valence-corrected chi connectivity index (χ4v) is 4.40. The van der Waals surface area contributed by atoms with Gasteiger partial charge in [-0.3, -0.25) is 9.59 Å². The summed E-state index contributed by atoms with van der Waals surface area (Å²) in [5.41, 5.74) is 3.13. The minimum absolute atomic E-state index is 0.168. The Balaban J connectivity index is 1.78. The van der Waals surface area contributed by atoms with Crippen LogP contribution in [0.25, 0.3) is 0 Å². The highest BCUT2D eigenvalue weighted by Crippen LogP contribution is 2.31. The van der Waals surface area contributed by atoms with Crippen molar-refractivity contribution in [1.29, 1.82) is 0 Å². The molecule has 1 aliphatic carbocycles. The second-order valence-corrected chi connectivity index (χ2v) is 9.05. The van der Waals surface area contributed by atoms with Gasteiger partial charge in [0.2, 0.25) is 11.8 Å². The van der Waals surface area contributed by atoms with Crippen molar-refractivity contribution in [3.63, 3.8) is 0 Å². The van der Waals surface area contributed by atoms with Crippen LogP contribution in [0.4, 0.5) is 0 Å². The zero-order chi connectivity index (χ0) is 23.1. The van der Waals surface area contributed by atoms with Gasteiger partial charge in [-0.05, 0) is 48.3 Å². The average molecular weight is 436 g/mol. The molecular weight excluding hydrogens is 403 g/mol. The first-order chi connectivity index (χ1) is 15.3. The van der Waals surface area contributed by atoms with Crippen molar-refractivity contribution >= 4 is 18.9 Å². The molecule has 0 bridgehead atoms. The van der Waals surface area contributed by atoms with Crippen LogP contribution in [0.1, 0.15) is 55.7 Å². The van der Waals surface area contributed by atoms with Crippen molar-refractivity contribution in [3.8, 4) is 0 Å². The summed E-state index contributed by atoms with van der Waals surface area (Å²) >= 11 is 0. The molecular formula is C25H33BN2O4. The van der Waals surface area contributed by atoms with Crippen LogP contribution in [0.3, 0.4) is 0 Å². The molecule has 4 N–H and O–H groups in total. The highest BCUT2D eigenvalue weighted by atomic mass is 16.4. The van der Waals surface area contributed by atoms with Gasteiger partial charge in [0, 0.05) is 6.42 Å².